The number of nitrogens with zero attached hydrogens (tertiary/aromatic N) is 3. The molecule has 0 bridgehead atoms. The van der Waals surface area contributed by atoms with Crippen molar-refractivity contribution in [2.45, 2.75) is 13.8 Å². The largest absolute Gasteiger partial charge is 0.405 e. The Labute approximate surface area is 99.5 Å². The molecule has 0 aromatic carbocycles. The molecule has 0 fully saturated rings. The van der Waals surface area contributed by atoms with Gasteiger partial charge in [0, 0.05) is 39.0 Å². The Balaban J connectivity index is 0.000000845. The predicted molar refractivity (Wildman–Crippen MR) is 41.9 cm³/mol. The first kappa shape index (κ1) is 10.5. The van der Waals surface area contributed by atoms with Gasteiger partial charge < -0.3 is 14.8 Å². The number of hydrogen-bond donors (Lipinski definition) is 1. The molecule has 0 spiro atoms. The minimum atomic E-state index is -0.309. The predicted octanol–water partition coefficient (Wildman–Crippen LogP) is -0.168. The van der Waals surface area contributed by atoms with Gasteiger partial charge in [0.1, 0.15) is 0 Å². The number of hydrogen-bond acceptors (Lipinski definition) is 3. The van der Waals surface area contributed by atoms with Crippen LogP contribution < -0.4 is 5.69 Å². The molecule has 1 radical (unpaired) electrons. The van der Waals surface area contributed by atoms with Crippen molar-refractivity contribution in [2.75, 3.05) is 0 Å². The van der Waals surface area contributed by atoms with Crippen LogP contribution in [-0.2, 0) is 32.7 Å². The Kier molecular flexibility index (Phi) is 2.98. The molecule has 6 heteroatoms. The molecule has 2 heterocycles. The fourth-order valence-electron chi connectivity index (χ4n) is 1.05. The smallest absolute Gasteiger partial charge is 0.233 e. The number of rotatable bonds is 0. The minimum Gasteiger partial charge on any atom is -0.405 e. The van der Waals surface area contributed by atoms with Crippen molar-refractivity contribution in [3.8, 4) is 0 Å². The number of fused-ring (bicyclic) bond motifs is 1. The third-order valence-electron chi connectivity index (χ3n) is 1.85. The summed E-state index contributed by atoms with van der Waals surface area (Å²) in [6.45, 7) is 3.71. The zero-order valence-electron chi connectivity index (χ0n) is 7.33. The molecular formula is C7H7N4OY-. The molecule has 0 saturated heterocycles. The van der Waals surface area contributed by atoms with Crippen LogP contribution in [0.2, 0.25) is 0 Å². The summed E-state index contributed by atoms with van der Waals surface area (Å²) in [5, 5.41) is 4.00. The van der Waals surface area contributed by atoms with E-state index in [1.165, 1.54) is 4.52 Å². The third-order valence-corrected chi connectivity index (χ3v) is 1.85. The van der Waals surface area contributed by atoms with Crippen LogP contribution in [0.25, 0.3) is 5.65 Å². The van der Waals surface area contributed by atoms with Crippen LogP contribution in [0.5, 0.6) is 0 Å². The SMILES string of the molecule is Cc1nn2c(=O)[nH][c-]nc2c1C.[Y]. The molecule has 0 aliphatic heterocycles. The summed E-state index contributed by atoms with van der Waals surface area (Å²) < 4.78 is 1.24. The van der Waals surface area contributed by atoms with Crippen molar-refractivity contribution in [3.05, 3.63) is 28.1 Å². The van der Waals surface area contributed by atoms with Crippen molar-refractivity contribution in [2.24, 2.45) is 0 Å². The molecule has 0 aliphatic rings. The zero-order valence-corrected chi connectivity index (χ0v) is 10.2. The van der Waals surface area contributed by atoms with Crippen molar-refractivity contribution in [3.63, 3.8) is 0 Å². The second kappa shape index (κ2) is 3.68. The summed E-state index contributed by atoms with van der Waals surface area (Å²) in [7, 11) is 0. The van der Waals surface area contributed by atoms with Crippen LogP contribution in [0.1, 0.15) is 11.3 Å². The van der Waals surface area contributed by atoms with Gasteiger partial charge in [0.15, 0.2) is 0 Å². The van der Waals surface area contributed by atoms with E-state index in [1.807, 2.05) is 13.8 Å². The van der Waals surface area contributed by atoms with Gasteiger partial charge in [0.25, 0.3) is 0 Å². The van der Waals surface area contributed by atoms with Gasteiger partial charge in [-0.25, -0.2) is 0 Å². The van der Waals surface area contributed by atoms with Crippen LogP contribution in [0.4, 0.5) is 0 Å². The second-order valence-corrected chi connectivity index (χ2v) is 2.60. The van der Waals surface area contributed by atoms with E-state index in [1.54, 1.807) is 0 Å². The Bertz CT molecular complexity index is 487. The van der Waals surface area contributed by atoms with E-state index in [0.717, 1.165) is 11.3 Å². The van der Waals surface area contributed by atoms with Crippen molar-refractivity contribution < 1.29 is 32.7 Å². The van der Waals surface area contributed by atoms with Crippen LogP contribution in [0, 0.1) is 20.2 Å². The summed E-state index contributed by atoms with van der Waals surface area (Å²) in [5.74, 6) is 0. The fourth-order valence-corrected chi connectivity index (χ4v) is 1.05. The number of H-pyrrole nitrogens is 1. The van der Waals surface area contributed by atoms with Crippen LogP contribution in [0.15, 0.2) is 4.79 Å². The fraction of sp³-hybridized carbons (Fsp3) is 0.286. The molecule has 1 N–H and O–H groups in total. The topological polar surface area (TPSA) is 63.1 Å². The Morgan fingerprint density at radius 3 is 2.77 bits per heavy atom. The number of nitrogens with one attached hydrogen (secondary N) is 1. The summed E-state index contributed by atoms with van der Waals surface area (Å²) in [6.07, 6.45) is 2.41. The average Bonchev–Trinajstić information content (AvgIpc) is 2.32. The molecule has 13 heavy (non-hydrogen) atoms. The molecule has 0 amide bonds. The first-order valence-electron chi connectivity index (χ1n) is 3.52. The van der Waals surface area contributed by atoms with E-state index in [4.69, 9.17) is 0 Å². The maximum atomic E-state index is 11.1. The van der Waals surface area contributed by atoms with Gasteiger partial charge in [0.05, 0.1) is 11.3 Å². The molecule has 0 unspecified atom stereocenters. The van der Waals surface area contributed by atoms with Gasteiger partial charge in [-0.05, 0) is 19.4 Å². The van der Waals surface area contributed by atoms with E-state index < -0.39 is 0 Å². The van der Waals surface area contributed by atoms with Gasteiger partial charge in [-0.2, -0.15) is 5.10 Å². The van der Waals surface area contributed by atoms with Gasteiger partial charge in [-0.15, -0.1) is 0 Å². The molecule has 5 nitrogen and oxygen atoms in total. The van der Waals surface area contributed by atoms with E-state index in [9.17, 15) is 4.79 Å². The Hall–Kier alpha value is -0.546. The summed E-state index contributed by atoms with van der Waals surface area (Å²) in [4.78, 5) is 17.3. The zero-order chi connectivity index (χ0) is 8.72. The van der Waals surface area contributed by atoms with Gasteiger partial charge >= 0.3 is 0 Å². The van der Waals surface area contributed by atoms with Crippen LogP contribution in [-0.4, -0.2) is 19.6 Å². The molecular weight excluding hydrogens is 245 g/mol. The maximum absolute atomic E-state index is 11.1. The standard InChI is InChI=1S/C7H7N4O.Y/c1-4-5(2)10-11-6(4)8-3-9-7(11)12;/h1-2H3,(H,8,9,12);/q-1;. The minimum absolute atomic E-state index is 0. The van der Waals surface area contributed by atoms with Crippen molar-refractivity contribution in [1.82, 2.24) is 19.6 Å². The summed E-state index contributed by atoms with van der Waals surface area (Å²) in [5.41, 5.74) is 1.98. The van der Waals surface area contributed by atoms with E-state index >= 15 is 0 Å². The summed E-state index contributed by atoms with van der Waals surface area (Å²) >= 11 is 0. The van der Waals surface area contributed by atoms with E-state index in [2.05, 4.69) is 21.4 Å². The Morgan fingerprint density at radius 1 is 1.46 bits per heavy atom. The second-order valence-electron chi connectivity index (χ2n) is 2.60. The maximum Gasteiger partial charge on any atom is 0.233 e. The third kappa shape index (κ3) is 1.58. The molecule has 2 rings (SSSR count). The normalized spacial score (nSPS) is 10.0. The molecule has 65 valence electrons. The molecule has 2 aromatic rings. The summed E-state index contributed by atoms with van der Waals surface area (Å²) in [6, 6.07) is 0. The average molecular weight is 252 g/mol. The first-order chi connectivity index (χ1) is 5.70. The monoisotopic (exact) mass is 252 g/mol. The molecule has 0 atom stereocenters. The van der Waals surface area contributed by atoms with Gasteiger partial charge in [-0.3, -0.25) is 4.52 Å². The Morgan fingerprint density at radius 2 is 2.15 bits per heavy atom. The number of aryl methyl sites for hydroxylation is 2. The van der Waals surface area contributed by atoms with Gasteiger partial charge in [-0.1, -0.05) is 0 Å². The quantitative estimate of drug-likeness (QED) is 0.662. The van der Waals surface area contributed by atoms with Crippen molar-refractivity contribution >= 4 is 5.65 Å². The van der Waals surface area contributed by atoms with Crippen molar-refractivity contribution in [1.29, 1.82) is 0 Å². The van der Waals surface area contributed by atoms with E-state index in [-0.39, 0.29) is 38.4 Å². The molecule has 0 saturated carbocycles. The number of aromatic nitrogens is 4. The van der Waals surface area contributed by atoms with E-state index in [0.29, 0.717) is 5.65 Å². The van der Waals surface area contributed by atoms with Crippen LogP contribution >= 0.6 is 0 Å². The van der Waals surface area contributed by atoms with Gasteiger partial charge in [0.2, 0.25) is 5.69 Å². The molecule has 2 aromatic heterocycles. The first-order valence-corrected chi connectivity index (χ1v) is 3.52. The molecule has 0 aliphatic carbocycles. The van der Waals surface area contributed by atoms with Crippen LogP contribution in [0.3, 0.4) is 0 Å². The number of aromatic amines is 1.